The minimum atomic E-state index is -0.572. The summed E-state index contributed by atoms with van der Waals surface area (Å²) < 4.78 is 0. The first-order valence-corrected chi connectivity index (χ1v) is 9.21. The van der Waals surface area contributed by atoms with E-state index in [4.69, 9.17) is 11.6 Å². The van der Waals surface area contributed by atoms with Crippen molar-refractivity contribution in [2.24, 2.45) is 5.10 Å². The van der Waals surface area contributed by atoms with Gasteiger partial charge >= 0.3 is 0 Å². The van der Waals surface area contributed by atoms with Crippen LogP contribution in [0.1, 0.15) is 34.6 Å². The first-order chi connectivity index (χ1) is 13.6. The average Bonchev–Trinajstić information content (AvgIpc) is 2.71. The van der Waals surface area contributed by atoms with Crippen LogP contribution in [0.25, 0.3) is 0 Å². The number of nitrogens with one attached hydrogen (secondary N) is 1. The van der Waals surface area contributed by atoms with E-state index in [2.05, 4.69) is 10.4 Å². The zero-order valence-corrected chi connectivity index (χ0v) is 15.9. The highest BCUT2D eigenvalue weighted by Gasteiger charge is 2.34. The van der Waals surface area contributed by atoms with E-state index in [1.54, 1.807) is 37.3 Å². The monoisotopic (exact) mass is 391 g/mol. The predicted octanol–water partition coefficient (Wildman–Crippen LogP) is 5.04. The molecule has 0 spiro atoms. The lowest BCUT2D eigenvalue weighted by Gasteiger charge is -2.35. The molecule has 0 saturated carbocycles. The zero-order valence-electron chi connectivity index (χ0n) is 15.1. The summed E-state index contributed by atoms with van der Waals surface area (Å²) >= 11 is 6.41. The second kappa shape index (κ2) is 7.37. The van der Waals surface area contributed by atoms with Crippen LogP contribution in [-0.2, 0) is 0 Å². The maximum absolute atomic E-state index is 13.2. The number of rotatable bonds is 3. The SMILES string of the molecule is CC(=NN1C(=O)c2ccccc2NC1c1ccccc1Cl)c1ccccc1O. The van der Waals surface area contributed by atoms with Crippen molar-refractivity contribution in [1.82, 2.24) is 5.01 Å². The molecule has 0 fully saturated rings. The van der Waals surface area contributed by atoms with Gasteiger partial charge in [0.2, 0.25) is 0 Å². The Hall–Kier alpha value is -3.31. The van der Waals surface area contributed by atoms with Crippen LogP contribution in [0.5, 0.6) is 5.75 Å². The number of phenolic OH excluding ortho intramolecular Hbond substituents is 1. The second-order valence-electron chi connectivity index (χ2n) is 6.47. The van der Waals surface area contributed by atoms with Crippen molar-refractivity contribution in [3.8, 4) is 5.75 Å². The lowest BCUT2D eigenvalue weighted by molar-refractivity contribution is 0.0690. The third-order valence-electron chi connectivity index (χ3n) is 4.65. The molecule has 1 heterocycles. The van der Waals surface area contributed by atoms with E-state index in [1.165, 1.54) is 5.01 Å². The molecule has 0 aromatic heterocycles. The zero-order chi connectivity index (χ0) is 19.7. The molecule has 1 aliphatic heterocycles. The molecule has 3 aromatic carbocycles. The number of para-hydroxylation sites is 2. The van der Waals surface area contributed by atoms with Gasteiger partial charge in [-0.05, 0) is 37.3 Å². The second-order valence-corrected chi connectivity index (χ2v) is 6.87. The number of nitrogens with zero attached hydrogens (tertiary/aromatic N) is 2. The van der Waals surface area contributed by atoms with Crippen LogP contribution in [-0.4, -0.2) is 21.7 Å². The number of anilines is 1. The van der Waals surface area contributed by atoms with Gasteiger partial charge in [-0.25, -0.2) is 5.01 Å². The van der Waals surface area contributed by atoms with Crippen molar-refractivity contribution in [2.45, 2.75) is 13.1 Å². The van der Waals surface area contributed by atoms with Crippen LogP contribution in [0, 0.1) is 0 Å². The number of aromatic hydroxyl groups is 1. The summed E-state index contributed by atoms with van der Waals surface area (Å²) in [5.74, 6) is -0.134. The Kier molecular flexibility index (Phi) is 4.75. The predicted molar refractivity (Wildman–Crippen MR) is 111 cm³/mol. The third-order valence-corrected chi connectivity index (χ3v) is 5.00. The van der Waals surface area contributed by atoms with Gasteiger partial charge in [0.25, 0.3) is 5.91 Å². The summed E-state index contributed by atoms with van der Waals surface area (Å²) in [6, 6.07) is 21.5. The van der Waals surface area contributed by atoms with E-state index in [9.17, 15) is 9.90 Å². The van der Waals surface area contributed by atoms with Crippen LogP contribution in [0.2, 0.25) is 5.02 Å². The number of hydrogen-bond acceptors (Lipinski definition) is 4. The topological polar surface area (TPSA) is 64.9 Å². The number of carbonyl (C=O) groups is 1. The van der Waals surface area contributed by atoms with Crippen LogP contribution >= 0.6 is 11.6 Å². The Morgan fingerprint density at radius 3 is 2.50 bits per heavy atom. The van der Waals surface area contributed by atoms with Crippen LogP contribution in [0.4, 0.5) is 5.69 Å². The van der Waals surface area contributed by atoms with Crippen LogP contribution in [0.15, 0.2) is 77.9 Å². The molecule has 6 heteroatoms. The number of hydrazone groups is 1. The highest BCUT2D eigenvalue weighted by Crippen LogP contribution is 2.36. The van der Waals surface area contributed by atoms with Crippen molar-refractivity contribution in [2.75, 3.05) is 5.32 Å². The first kappa shape index (κ1) is 18.1. The fourth-order valence-corrected chi connectivity index (χ4v) is 3.49. The fourth-order valence-electron chi connectivity index (χ4n) is 3.25. The number of carbonyl (C=O) groups excluding carboxylic acids is 1. The smallest absolute Gasteiger partial charge is 0.278 e. The van der Waals surface area contributed by atoms with E-state index in [1.807, 2.05) is 42.5 Å². The number of fused-ring (bicyclic) bond motifs is 1. The summed E-state index contributed by atoms with van der Waals surface area (Å²) in [5, 5.41) is 20.0. The lowest BCUT2D eigenvalue weighted by atomic mass is 10.0. The molecular weight excluding hydrogens is 374 g/mol. The molecule has 0 saturated heterocycles. The summed E-state index contributed by atoms with van der Waals surface area (Å²) in [7, 11) is 0. The summed E-state index contributed by atoms with van der Waals surface area (Å²) in [6.07, 6.45) is -0.572. The van der Waals surface area contributed by atoms with Gasteiger partial charge in [-0.3, -0.25) is 4.79 Å². The van der Waals surface area contributed by atoms with Crippen molar-refractivity contribution < 1.29 is 9.90 Å². The highest BCUT2D eigenvalue weighted by molar-refractivity contribution is 6.31. The maximum atomic E-state index is 13.2. The van der Waals surface area contributed by atoms with E-state index < -0.39 is 6.17 Å². The molecule has 2 N–H and O–H groups in total. The molecule has 28 heavy (non-hydrogen) atoms. The molecule has 1 atom stereocenters. The van der Waals surface area contributed by atoms with Crippen molar-refractivity contribution in [3.63, 3.8) is 0 Å². The summed E-state index contributed by atoms with van der Waals surface area (Å²) in [4.78, 5) is 13.2. The van der Waals surface area contributed by atoms with Crippen LogP contribution in [0.3, 0.4) is 0 Å². The Morgan fingerprint density at radius 1 is 1.04 bits per heavy atom. The summed E-state index contributed by atoms with van der Waals surface area (Å²) in [5.41, 5.74) is 3.07. The molecule has 1 unspecified atom stereocenters. The average molecular weight is 392 g/mol. The Bertz CT molecular complexity index is 1080. The normalized spacial score (nSPS) is 16.5. The van der Waals surface area contributed by atoms with Gasteiger partial charge < -0.3 is 10.4 Å². The third kappa shape index (κ3) is 3.21. The molecule has 1 amide bonds. The molecule has 140 valence electrons. The molecule has 0 radical (unpaired) electrons. The van der Waals surface area contributed by atoms with Crippen LogP contribution < -0.4 is 5.32 Å². The molecule has 0 aliphatic carbocycles. The van der Waals surface area contributed by atoms with Crippen molar-refractivity contribution >= 4 is 28.9 Å². The number of benzene rings is 3. The fraction of sp³-hybridized carbons (Fsp3) is 0.0909. The van der Waals surface area contributed by atoms with E-state index in [-0.39, 0.29) is 11.7 Å². The van der Waals surface area contributed by atoms with Gasteiger partial charge in [-0.15, -0.1) is 0 Å². The lowest BCUT2D eigenvalue weighted by Crippen LogP contribution is -2.40. The van der Waals surface area contributed by atoms with E-state index in [0.717, 1.165) is 11.3 Å². The minimum absolute atomic E-state index is 0.107. The van der Waals surface area contributed by atoms with Gasteiger partial charge in [0.1, 0.15) is 5.75 Å². The Labute approximate surface area is 167 Å². The molecule has 5 nitrogen and oxygen atoms in total. The standard InChI is InChI=1S/C22H18ClN3O2/c1-14(15-8-4-7-13-20(15)27)25-26-21(16-9-2-5-11-18(16)23)24-19-12-6-3-10-17(19)22(26)28/h2-13,21,24,27H,1H3. The number of amides is 1. The number of halogens is 1. The molecular formula is C22H18ClN3O2. The van der Waals surface area contributed by atoms with Crippen molar-refractivity contribution in [3.05, 3.63) is 94.5 Å². The molecule has 4 rings (SSSR count). The molecule has 1 aliphatic rings. The number of hydrogen-bond donors (Lipinski definition) is 2. The Morgan fingerprint density at radius 2 is 1.71 bits per heavy atom. The van der Waals surface area contributed by atoms with Gasteiger partial charge in [-0.2, -0.15) is 5.10 Å². The molecule has 0 bridgehead atoms. The molecule has 3 aromatic rings. The largest absolute Gasteiger partial charge is 0.507 e. The quantitative estimate of drug-likeness (QED) is 0.615. The Balaban J connectivity index is 1.84. The van der Waals surface area contributed by atoms with Gasteiger partial charge in [0.05, 0.1) is 11.3 Å². The van der Waals surface area contributed by atoms with Gasteiger partial charge in [-0.1, -0.05) is 54.1 Å². The van der Waals surface area contributed by atoms with E-state index >= 15 is 0 Å². The number of phenols is 1. The summed E-state index contributed by atoms with van der Waals surface area (Å²) in [6.45, 7) is 1.76. The first-order valence-electron chi connectivity index (χ1n) is 8.83. The maximum Gasteiger partial charge on any atom is 0.278 e. The minimum Gasteiger partial charge on any atom is -0.507 e. The van der Waals surface area contributed by atoms with Crippen molar-refractivity contribution in [1.29, 1.82) is 0 Å². The highest BCUT2D eigenvalue weighted by atomic mass is 35.5. The van der Waals surface area contributed by atoms with Gasteiger partial charge in [0, 0.05) is 21.8 Å². The van der Waals surface area contributed by atoms with Gasteiger partial charge in [0.15, 0.2) is 6.17 Å². The van der Waals surface area contributed by atoms with E-state index in [0.29, 0.717) is 21.9 Å².